The standard InChI is InChI=1S/C15H15F2NO5/c1-9-7-13(18-23-9)20-8-14(19)21-10(2)11-3-5-12(6-4-11)22-15(16)17/h3-7,10,15H,8H2,1-2H3. The minimum Gasteiger partial charge on any atom is -0.463 e. The lowest BCUT2D eigenvalue weighted by Gasteiger charge is -2.14. The Hall–Kier alpha value is -2.64. The van der Waals surface area contributed by atoms with E-state index < -0.39 is 18.7 Å². The number of aryl methyl sites for hydroxylation is 1. The third-order valence-corrected chi connectivity index (χ3v) is 2.83. The van der Waals surface area contributed by atoms with Gasteiger partial charge < -0.3 is 18.7 Å². The first-order valence-corrected chi connectivity index (χ1v) is 6.74. The van der Waals surface area contributed by atoms with Crippen LogP contribution in [0.2, 0.25) is 0 Å². The van der Waals surface area contributed by atoms with E-state index in [4.69, 9.17) is 14.0 Å². The van der Waals surface area contributed by atoms with Crippen molar-refractivity contribution >= 4 is 5.97 Å². The van der Waals surface area contributed by atoms with Crippen LogP contribution in [-0.2, 0) is 9.53 Å². The molecule has 1 unspecified atom stereocenters. The summed E-state index contributed by atoms with van der Waals surface area (Å²) in [6, 6.07) is 7.37. The fourth-order valence-electron chi connectivity index (χ4n) is 1.76. The number of rotatable bonds is 7. The number of hydrogen-bond donors (Lipinski definition) is 0. The SMILES string of the molecule is Cc1cc(OCC(=O)OC(C)c2ccc(OC(F)F)cc2)no1. The predicted octanol–water partition coefficient (Wildman–Crippen LogP) is 3.27. The van der Waals surface area contributed by atoms with Crippen LogP contribution in [0, 0.1) is 6.92 Å². The molecule has 0 saturated carbocycles. The zero-order valence-corrected chi connectivity index (χ0v) is 12.5. The molecule has 1 heterocycles. The van der Waals surface area contributed by atoms with Gasteiger partial charge in [0.05, 0.1) is 0 Å². The molecule has 1 aromatic carbocycles. The molecule has 124 valence electrons. The van der Waals surface area contributed by atoms with E-state index in [1.54, 1.807) is 19.9 Å². The van der Waals surface area contributed by atoms with E-state index >= 15 is 0 Å². The summed E-state index contributed by atoms with van der Waals surface area (Å²) in [7, 11) is 0. The minimum atomic E-state index is -2.88. The average molecular weight is 327 g/mol. The van der Waals surface area contributed by atoms with Gasteiger partial charge in [-0.25, -0.2) is 4.79 Å². The van der Waals surface area contributed by atoms with Gasteiger partial charge in [-0.2, -0.15) is 8.78 Å². The number of esters is 1. The third kappa shape index (κ3) is 5.24. The second-order valence-corrected chi connectivity index (χ2v) is 4.64. The second kappa shape index (κ2) is 7.57. The van der Waals surface area contributed by atoms with E-state index in [1.807, 2.05) is 0 Å². The van der Waals surface area contributed by atoms with Crippen LogP contribution < -0.4 is 9.47 Å². The number of halogens is 2. The Morgan fingerprint density at radius 3 is 2.57 bits per heavy atom. The summed E-state index contributed by atoms with van der Waals surface area (Å²) in [6.45, 7) is 0.152. The van der Waals surface area contributed by atoms with Crippen molar-refractivity contribution in [2.45, 2.75) is 26.6 Å². The number of aromatic nitrogens is 1. The fourth-order valence-corrected chi connectivity index (χ4v) is 1.76. The maximum Gasteiger partial charge on any atom is 0.387 e. The maximum atomic E-state index is 12.1. The van der Waals surface area contributed by atoms with Crippen LogP contribution in [0.1, 0.15) is 24.4 Å². The van der Waals surface area contributed by atoms with Crippen molar-refractivity contribution in [2.75, 3.05) is 6.61 Å². The van der Waals surface area contributed by atoms with Crippen LogP contribution in [0.15, 0.2) is 34.9 Å². The van der Waals surface area contributed by atoms with E-state index in [0.717, 1.165) is 0 Å². The molecule has 2 rings (SSSR count). The molecule has 0 amide bonds. The zero-order chi connectivity index (χ0) is 16.8. The normalized spacial score (nSPS) is 12.0. The first-order chi connectivity index (χ1) is 10.9. The molecule has 23 heavy (non-hydrogen) atoms. The Labute approximate surface area is 130 Å². The largest absolute Gasteiger partial charge is 0.463 e. The highest BCUT2D eigenvalue weighted by Gasteiger charge is 2.14. The molecule has 0 radical (unpaired) electrons. The molecule has 0 aliphatic heterocycles. The van der Waals surface area contributed by atoms with Crippen molar-refractivity contribution in [3.63, 3.8) is 0 Å². The quantitative estimate of drug-likeness (QED) is 0.727. The first-order valence-electron chi connectivity index (χ1n) is 6.74. The molecule has 0 bridgehead atoms. The number of nitrogens with zero attached hydrogens (tertiary/aromatic N) is 1. The molecule has 0 fully saturated rings. The lowest BCUT2D eigenvalue weighted by Crippen LogP contribution is -2.17. The van der Waals surface area contributed by atoms with Crippen molar-refractivity contribution in [1.82, 2.24) is 5.16 Å². The minimum absolute atomic E-state index is 0.0343. The van der Waals surface area contributed by atoms with Crippen LogP contribution in [0.25, 0.3) is 0 Å². The van der Waals surface area contributed by atoms with Gasteiger partial charge in [0.2, 0.25) is 0 Å². The first kappa shape index (κ1) is 16.7. The fraction of sp³-hybridized carbons (Fsp3) is 0.333. The molecular weight excluding hydrogens is 312 g/mol. The van der Waals surface area contributed by atoms with Crippen LogP contribution in [0.5, 0.6) is 11.6 Å². The number of carbonyl (C=O) groups is 1. The summed E-state index contributed by atoms with van der Waals surface area (Å²) >= 11 is 0. The summed E-state index contributed by atoms with van der Waals surface area (Å²) in [5, 5.41) is 3.58. The summed E-state index contributed by atoms with van der Waals surface area (Å²) in [4.78, 5) is 11.7. The molecule has 0 aliphatic rings. The maximum absolute atomic E-state index is 12.1. The van der Waals surface area contributed by atoms with Crippen molar-refractivity contribution in [3.05, 3.63) is 41.7 Å². The van der Waals surface area contributed by atoms with Crippen LogP contribution >= 0.6 is 0 Å². The highest BCUT2D eigenvalue weighted by molar-refractivity contribution is 5.71. The molecule has 0 saturated heterocycles. The molecule has 1 atom stereocenters. The van der Waals surface area contributed by atoms with Crippen LogP contribution in [-0.4, -0.2) is 24.3 Å². The van der Waals surface area contributed by atoms with E-state index in [9.17, 15) is 13.6 Å². The number of ether oxygens (including phenoxy) is 3. The summed E-state index contributed by atoms with van der Waals surface area (Å²) in [5.41, 5.74) is 0.636. The Morgan fingerprint density at radius 2 is 2.00 bits per heavy atom. The van der Waals surface area contributed by atoms with Gasteiger partial charge in [-0.3, -0.25) is 0 Å². The lowest BCUT2D eigenvalue weighted by molar-refractivity contribution is -0.151. The van der Waals surface area contributed by atoms with Gasteiger partial charge in [-0.05, 0) is 36.7 Å². The monoisotopic (exact) mass is 327 g/mol. The Kier molecular flexibility index (Phi) is 5.51. The molecule has 0 aliphatic carbocycles. The number of benzene rings is 1. The summed E-state index contributed by atoms with van der Waals surface area (Å²) in [6.07, 6.45) is -0.564. The summed E-state index contributed by atoms with van der Waals surface area (Å²) < 4.78 is 43.4. The van der Waals surface area contributed by atoms with E-state index in [2.05, 4.69) is 9.89 Å². The molecular formula is C15H15F2NO5. The van der Waals surface area contributed by atoms with Crippen molar-refractivity contribution in [3.8, 4) is 11.6 Å². The Bertz CT molecular complexity index is 642. The zero-order valence-electron chi connectivity index (χ0n) is 12.5. The molecule has 8 heteroatoms. The topological polar surface area (TPSA) is 70.8 Å². The van der Waals surface area contributed by atoms with Crippen molar-refractivity contribution in [1.29, 1.82) is 0 Å². The van der Waals surface area contributed by atoms with Gasteiger partial charge in [0, 0.05) is 6.07 Å². The van der Waals surface area contributed by atoms with Gasteiger partial charge in [0.25, 0.3) is 5.88 Å². The van der Waals surface area contributed by atoms with Crippen molar-refractivity contribution < 1.29 is 32.3 Å². The Balaban J connectivity index is 1.83. The molecule has 2 aromatic rings. The van der Waals surface area contributed by atoms with Crippen molar-refractivity contribution in [2.24, 2.45) is 0 Å². The van der Waals surface area contributed by atoms with Gasteiger partial charge in [0.1, 0.15) is 17.6 Å². The molecule has 0 spiro atoms. The second-order valence-electron chi connectivity index (χ2n) is 4.64. The van der Waals surface area contributed by atoms with Gasteiger partial charge >= 0.3 is 12.6 Å². The van der Waals surface area contributed by atoms with E-state index in [1.165, 1.54) is 24.3 Å². The number of hydrogen-bond acceptors (Lipinski definition) is 6. The van der Waals surface area contributed by atoms with Crippen LogP contribution in [0.3, 0.4) is 0 Å². The summed E-state index contributed by atoms with van der Waals surface area (Å²) in [5.74, 6) is 0.200. The van der Waals surface area contributed by atoms with Gasteiger partial charge in [-0.15, -0.1) is 0 Å². The number of alkyl halides is 2. The van der Waals surface area contributed by atoms with E-state index in [-0.39, 0.29) is 18.2 Å². The predicted molar refractivity (Wildman–Crippen MR) is 74.3 cm³/mol. The highest BCUT2D eigenvalue weighted by atomic mass is 19.3. The average Bonchev–Trinajstić information content (AvgIpc) is 2.91. The molecule has 6 nitrogen and oxygen atoms in total. The third-order valence-electron chi connectivity index (χ3n) is 2.83. The van der Waals surface area contributed by atoms with Gasteiger partial charge in [-0.1, -0.05) is 12.1 Å². The Morgan fingerprint density at radius 1 is 1.30 bits per heavy atom. The lowest BCUT2D eigenvalue weighted by atomic mass is 10.1. The van der Waals surface area contributed by atoms with Gasteiger partial charge in [0.15, 0.2) is 6.61 Å². The molecule has 1 aromatic heterocycles. The number of carbonyl (C=O) groups excluding carboxylic acids is 1. The smallest absolute Gasteiger partial charge is 0.387 e. The highest BCUT2D eigenvalue weighted by Crippen LogP contribution is 2.21. The molecule has 0 N–H and O–H groups in total. The van der Waals surface area contributed by atoms with E-state index in [0.29, 0.717) is 11.3 Å². The van der Waals surface area contributed by atoms with Crippen LogP contribution in [0.4, 0.5) is 8.78 Å².